The largest absolute Gasteiger partial charge is 0.354 e. The SMILES string of the molecule is COC(OC)C(C)NS(C)(=O)=O. The lowest BCUT2D eigenvalue weighted by atomic mass is 10.3. The van der Waals surface area contributed by atoms with Gasteiger partial charge in [-0.15, -0.1) is 0 Å². The Balaban J connectivity index is 4.10. The van der Waals surface area contributed by atoms with Crippen LogP contribution in [-0.2, 0) is 19.5 Å². The Hall–Kier alpha value is -0.170. The molecule has 1 N–H and O–H groups in total. The van der Waals surface area contributed by atoms with Gasteiger partial charge in [0.15, 0.2) is 6.29 Å². The second-order valence-electron chi connectivity index (χ2n) is 2.52. The van der Waals surface area contributed by atoms with Gasteiger partial charge in [0.05, 0.1) is 12.3 Å². The topological polar surface area (TPSA) is 64.6 Å². The summed E-state index contributed by atoms with van der Waals surface area (Å²) >= 11 is 0. The summed E-state index contributed by atoms with van der Waals surface area (Å²) in [5, 5.41) is 0. The van der Waals surface area contributed by atoms with E-state index in [1.807, 2.05) is 0 Å². The van der Waals surface area contributed by atoms with Gasteiger partial charge in [0.25, 0.3) is 0 Å². The molecule has 0 aromatic carbocycles. The van der Waals surface area contributed by atoms with E-state index in [0.717, 1.165) is 6.26 Å². The molecule has 0 bridgehead atoms. The van der Waals surface area contributed by atoms with E-state index < -0.39 is 22.4 Å². The molecule has 0 fully saturated rings. The van der Waals surface area contributed by atoms with Gasteiger partial charge < -0.3 is 9.47 Å². The van der Waals surface area contributed by atoms with Crippen molar-refractivity contribution in [3.05, 3.63) is 0 Å². The number of rotatable bonds is 5. The van der Waals surface area contributed by atoms with E-state index in [1.54, 1.807) is 6.92 Å². The Bertz CT molecular complexity index is 210. The molecule has 0 aliphatic carbocycles. The first kappa shape index (κ1) is 11.8. The highest BCUT2D eigenvalue weighted by molar-refractivity contribution is 7.88. The van der Waals surface area contributed by atoms with Gasteiger partial charge in [-0.1, -0.05) is 0 Å². The summed E-state index contributed by atoms with van der Waals surface area (Å²) in [6.07, 6.45) is 0.533. The van der Waals surface area contributed by atoms with E-state index in [2.05, 4.69) is 4.72 Å². The summed E-state index contributed by atoms with van der Waals surface area (Å²) in [6.45, 7) is 1.67. The monoisotopic (exact) mass is 197 g/mol. The van der Waals surface area contributed by atoms with Gasteiger partial charge in [-0.25, -0.2) is 13.1 Å². The fraction of sp³-hybridized carbons (Fsp3) is 1.00. The van der Waals surface area contributed by atoms with Crippen molar-refractivity contribution >= 4 is 10.0 Å². The third-order valence-electron chi connectivity index (χ3n) is 1.27. The molecule has 5 nitrogen and oxygen atoms in total. The summed E-state index contributed by atoms with van der Waals surface area (Å²) in [5.41, 5.74) is 0. The molecule has 0 heterocycles. The Labute approximate surface area is 73.1 Å². The number of hydrogen-bond donors (Lipinski definition) is 1. The Morgan fingerprint density at radius 2 is 1.67 bits per heavy atom. The molecule has 0 aromatic rings. The van der Waals surface area contributed by atoms with Crippen molar-refractivity contribution in [1.82, 2.24) is 4.72 Å². The summed E-state index contributed by atoms with van der Waals surface area (Å²) in [6, 6.07) is -0.394. The van der Waals surface area contributed by atoms with E-state index in [0.29, 0.717) is 0 Å². The molecule has 12 heavy (non-hydrogen) atoms. The van der Waals surface area contributed by atoms with Crippen molar-refractivity contribution in [1.29, 1.82) is 0 Å². The minimum Gasteiger partial charge on any atom is -0.354 e. The second-order valence-corrected chi connectivity index (χ2v) is 4.30. The predicted octanol–water partition coefficient (Wildman–Crippen LogP) is -0.457. The Morgan fingerprint density at radius 1 is 1.25 bits per heavy atom. The van der Waals surface area contributed by atoms with Crippen LogP contribution in [0, 0.1) is 0 Å². The zero-order valence-corrected chi connectivity index (χ0v) is 8.51. The zero-order chi connectivity index (χ0) is 9.78. The molecule has 0 radical (unpaired) electrons. The molecule has 0 spiro atoms. The number of nitrogens with one attached hydrogen (secondary N) is 1. The van der Waals surface area contributed by atoms with Crippen LogP contribution >= 0.6 is 0 Å². The number of methoxy groups -OCH3 is 2. The fourth-order valence-electron chi connectivity index (χ4n) is 0.898. The summed E-state index contributed by atoms with van der Waals surface area (Å²) in [7, 11) is -0.293. The van der Waals surface area contributed by atoms with Crippen LogP contribution in [0.1, 0.15) is 6.92 Å². The van der Waals surface area contributed by atoms with Crippen molar-refractivity contribution < 1.29 is 17.9 Å². The molecule has 0 aliphatic heterocycles. The first-order valence-electron chi connectivity index (χ1n) is 3.43. The van der Waals surface area contributed by atoms with Crippen molar-refractivity contribution in [2.24, 2.45) is 0 Å². The van der Waals surface area contributed by atoms with Crippen molar-refractivity contribution in [3.63, 3.8) is 0 Å². The first-order chi connectivity index (χ1) is 5.40. The number of hydrogen-bond acceptors (Lipinski definition) is 4. The van der Waals surface area contributed by atoms with Crippen LogP contribution in [0.4, 0.5) is 0 Å². The molecular weight excluding hydrogens is 182 g/mol. The number of ether oxygens (including phenoxy) is 2. The molecule has 0 aromatic heterocycles. The standard InChI is InChI=1S/C6H15NO4S/c1-5(6(10-2)11-3)7-12(4,8)9/h5-7H,1-4H3. The molecule has 0 saturated carbocycles. The lowest BCUT2D eigenvalue weighted by molar-refractivity contribution is -0.115. The molecule has 1 unspecified atom stereocenters. The molecule has 0 amide bonds. The van der Waals surface area contributed by atoms with Crippen LogP contribution in [0.15, 0.2) is 0 Å². The Kier molecular flexibility index (Phi) is 4.69. The lowest BCUT2D eigenvalue weighted by Crippen LogP contribution is -2.42. The third kappa shape index (κ3) is 4.66. The van der Waals surface area contributed by atoms with E-state index in [1.165, 1.54) is 14.2 Å². The van der Waals surface area contributed by atoms with Crippen molar-refractivity contribution in [2.75, 3.05) is 20.5 Å². The normalized spacial score (nSPS) is 15.1. The van der Waals surface area contributed by atoms with E-state index in [9.17, 15) is 8.42 Å². The molecule has 0 saturated heterocycles. The Morgan fingerprint density at radius 3 is 1.92 bits per heavy atom. The lowest BCUT2D eigenvalue weighted by Gasteiger charge is -2.20. The maximum Gasteiger partial charge on any atom is 0.209 e. The average molecular weight is 197 g/mol. The minimum atomic E-state index is -3.20. The molecule has 1 atom stereocenters. The molecule has 0 aliphatic rings. The number of sulfonamides is 1. The first-order valence-corrected chi connectivity index (χ1v) is 5.32. The maximum atomic E-state index is 10.8. The van der Waals surface area contributed by atoms with Gasteiger partial charge in [-0.2, -0.15) is 0 Å². The van der Waals surface area contributed by atoms with Gasteiger partial charge in [-0.05, 0) is 6.92 Å². The van der Waals surface area contributed by atoms with E-state index in [-0.39, 0.29) is 0 Å². The summed E-state index contributed by atoms with van der Waals surface area (Å²) in [4.78, 5) is 0. The van der Waals surface area contributed by atoms with Crippen molar-refractivity contribution in [2.45, 2.75) is 19.3 Å². The van der Waals surface area contributed by atoms with E-state index in [4.69, 9.17) is 9.47 Å². The average Bonchev–Trinajstić information content (AvgIpc) is 1.85. The molecular formula is C6H15NO4S. The summed E-state index contributed by atoms with van der Waals surface area (Å²) < 4.78 is 33.6. The van der Waals surface area contributed by atoms with Crippen molar-refractivity contribution in [3.8, 4) is 0 Å². The summed E-state index contributed by atoms with van der Waals surface area (Å²) in [5.74, 6) is 0. The highest BCUT2D eigenvalue weighted by atomic mass is 32.2. The van der Waals surface area contributed by atoms with Gasteiger partial charge in [-0.3, -0.25) is 0 Å². The predicted molar refractivity (Wildman–Crippen MR) is 45.2 cm³/mol. The molecule has 0 rings (SSSR count). The fourth-order valence-corrected chi connectivity index (χ4v) is 1.68. The highest BCUT2D eigenvalue weighted by Gasteiger charge is 2.18. The zero-order valence-electron chi connectivity index (χ0n) is 7.70. The molecule has 6 heteroatoms. The van der Waals surface area contributed by atoms with Crippen LogP contribution in [0.25, 0.3) is 0 Å². The smallest absolute Gasteiger partial charge is 0.209 e. The van der Waals surface area contributed by atoms with Crippen LogP contribution in [0.3, 0.4) is 0 Å². The van der Waals surface area contributed by atoms with Gasteiger partial charge in [0.2, 0.25) is 10.0 Å². The van der Waals surface area contributed by atoms with Gasteiger partial charge >= 0.3 is 0 Å². The quantitative estimate of drug-likeness (QED) is 0.606. The third-order valence-corrected chi connectivity index (χ3v) is 2.07. The van der Waals surface area contributed by atoms with E-state index >= 15 is 0 Å². The minimum absolute atomic E-state index is 0.394. The maximum absolute atomic E-state index is 10.8. The van der Waals surface area contributed by atoms with Crippen LogP contribution in [-0.4, -0.2) is 41.2 Å². The second kappa shape index (κ2) is 4.76. The van der Waals surface area contributed by atoms with Crippen LogP contribution in [0.5, 0.6) is 0 Å². The van der Waals surface area contributed by atoms with Crippen LogP contribution in [0.2, 0.25) is 0 Å². The van der Waals surface area contributed by atoms with Crippen LogP contribution < -0.4 is 4.72 Å². The van der Waals surface area contributed by atoms with Gasteiger partial charge in [0.1, 0.15) is 0 Å². The highest BCUT2D eigenvalue weighted by Crippen LogP contribution is 1.99. The van der Waals surface area contributed by atoms with Gasteiger partial charge in [0, 0.05) is 14.2 Å². The molecule has 74 valence electrons.